The molecule has 3 N–H and O–H groups in total. The van der Waals surface area contributed by atoms with E-state index in [4.69, 9.17) is 0 Å². The lowest BCUT2D eigenvalue weighted by molar-refractivity contribution is -0.384. The van der Waals surface area contributed by atoms with Crippen LogP contribution in [0.5, 0.6) is 0 Å². The van der Waals surface area contributed by atoms with Gasteiger partial charge in [0.1, 0.15) is 5.69 Å². The number of aromatic nitrogens is 2. The van der Waals surface area contributed by atoms with Crippen molar-refractivity contribution in [2.75, 3.05) is 5.32 Å². The van der Waals surface area contributed by atoms with Crippen molar-refractivity contribution in [2.45, 2.75) is 38.1 Å². The van der Waals surface area contributed by atoms with E-state index in [1.807, 2.05) is 0 Å². The molecule has 26 heavy (non-hydrogen) atoms. The molecule has 0 atom stereocenters. The number of amides is 2. The van der Waals surface area contributed by atoms with Crippen LogP contribution in [0.25, 0.3) is 0 Å². The number of carbonyl (C=O) groups excluding carboxylic acids is 2. The first-order chi connectivity index (χ1) is 12.5. The number of nitrogens with one attached hydrogen (secondary N) is 3. The SMILES string of the molecule is O=C(Nc1cccc([N+](=O)[O-])c1)c1nc[nH]c1C(=O)NC1CCCCC1. The maximum absolute atomic E-state index is 12.4. The molecule has 1 heterocycles. The Kier molecular flexibility index (Phi) is 5.26. The molecule has 1 aliphatic rings. The van der Waals surface area contributed by atoms with Crippen molar-refractivity contribution >= 4 is 23.2 Å². The van der Waals surface area contributed by atoms with E-state index in [1.54, 1.807) is 0 Å². The van der Waals surface area contributed by atoms with Gasteiger partial charge in [0.25, 0.3) is 17.5 Å². The largest absolute Gasteiger partial charge is 0.348 e. The van der Waals surface area contributed by atoms with Crippen molar-refractivity contribution in [2.24, 2.45) is 0 Å². The van der Waals surface area contributed by atoms with E-state index in [1.165, 1.54) is 37.0 Å². The number of nitro benzene ring substituents is 1. The monoisotopic (exact) mass is 357 g/mol. The summed E-state index contributed by atoms with van der Waals surface area (Å²) in [7, 11) is 0. The molecular formula is C17H19N5O4. The van der Waals surface area contributed by atoms with Crippen LogP contribution in [-0.2, 0) is 0 Å². The predicted molar refractivity (Wildman–Crippen MR) is 94.0 cm³/mol. The van der Waals surface area contributed by atoms with Gasteiger partial charge >= 0.3 is 0 Å². The molecule has 1 saturated carbocycles. The molecule has 1 aromatic carbocycles. The van der Waals surface area contributed by atoms with Gasteiger partial charge in [-0.25, -0.2) is 4.98 Å². The fourth-order valence-corrected chi connectivity index (χ4v) is 3.03. The van der Waals surface area contributed by atoms with Gasteiger partial charge in [-0.05, 0) is 18.9 Å². The average Bonchev–Trinajstić information content (AvgIpc) is 3.13. The Morgan fingerprint density at radius 2 is 1.96 bits per heavy atom. The van der Waals surface area contributed by atoms with E-state index in [0.717, 1.165) is 25.7 Å². The van der Waals surface area contributed by atoms with Crippen LogP contribution in [-0.4, -0.2) is 32.7 Å². The summed E-state index contributed by atoms with van der Waals surface area (Å²) in [5, 5.41) is 16.3. The quantitative estimate of drug-likeness (QED) is 0.559. The van der Waals surface area contributed by atoms with Crippen molar-refractivity contribution in [1.29, 1.82) is 0 Å². The van der Waals surface area contributed by atoms with Crippen LogP contribution in [0.1, 0.15) is 53.1 Å². The standard InChI is InChI=1S/C17H19N5O4/c23-16(20-11-5-2-1-3-6-11)14-15(19-10-18-14)17(24)21-12-7-4-8-13(9-12)22(25)26/h4,7-11H,1-3,5-6H2,(H,18,19)(H,20,23)(H,21,24). The van der Waals surface area contributed by atoms with Gasteiger partial charge in [-0.15, -0.1) is 0 Å². The summed E-state index contributed by atoms with van der Waals surface area (Å²) in [6.07, 6.45) is 6.46. The fraction of sp³-hybridized carbons (Fsp3) is 0.353. The second-order valence-corrected chi connectivity index (χ2v) is 6.20. The van der Waals surface area contributed by atoms with Crippen LogP contribution in [0.4, 0.5) is 11.4 Å². The summed E-state index contributed by atoms with van der Waals surface area (Å²) < 4.78 is 0. The molecule has 0 aliphatic heterocycles. The minimum Gasteiger partial charge on any atom is -0.348 e. The lowest BCUT2D eigenvalue weighted by atomic mass is 9.95. The van der Waals surface area contributed by atoms with Gasteiger partial charge < -0.3 is 15.6 Å². The summed E-state index contributed by atoms with van der Waals surface area (Å²) in [5.74, 6) is -0.987. The third-order valence-electron chi connectivity index (χ3n) is 4.34. The van der Waals surface area contributed by atoms with Crippen LogP contribution >= 0.6 is 0 Å². The van der Waals surface area contributed by atoms with Crippen LogP contribution in [0.2, 0.25) is 0 Å². The average molecular weight is 357 g/mol. The lowest BCUT2D eigenvalue weighted by Gasteiger charge is -2.22. The number of aromatic amines is 1. The molecule has 0 bridgehead atoms. The third-order valence-corrected chi connectivity index (χ3v) is 4.34. The van der Waals surface area contributed by atoms with E-state index in [-0.39, 0.29) is 34.7 Å². The normalized spacial score (nSPS) is 14.6. The second-order valence-electron chi connectivity index (χ2n) is 6.20. The first-order valence-electron chi connectivity index (χ1n) is 8.44. The molecule has 2 amide bonds. The van der Waals surface area contributed by atoms with E-state index in [9.17, 15) is 19.7 Å². The Balaban J connectivity index is 1.70. The Labute approximate surface area is 149 Å². The van der Waals surface area contributed by atoms with Gasteiger partial charge in [0.15, 0.2) is 5.69 Å². The van der Waals surface area contributed by atoms with Crippen molar-refractivity contribution in [1.82, 2.24) is 15.3 Å². The molecule has 136 valence electrons. The summed E-state index contributed by atoms with van der Waals surface area (Å²) in [6.45, 7) is 0. The summed E-state index contributed by atoms with van der Waals surface area (Å²) in [6, 6.07) is 5.67. The molecule has 9 heteroatoms. The van der Waals surface area contributed by atoms with Crippen LogP contribution in [0.3, 0.4) is 0 Å². The highest BCUT2D eigenvalue weighted by Crippen LogP contribution is 2.19. The molecule has 1 fully saturated rings. The van der Waals surface area contributed by atoms with Crippen molar-refractivity contribution < 1.29 is 14.5 Å². The second kappa shape index (κ2) is 7.77. The van der Waals surface area contributed by atoms with Crippen molar-refractivity contribution in [3.8, 4) is 0 Å². The molecule has 0 unspecified atom stereocenters. The number of anilines is 1. The molecule has 2 aromatic rings. The first kappa shape index (κ1) is 17.6. The zero-order valence-electron chi connectivity index (χ0n) is 14.0. The maximum Gasteiger partial charge on any atom is 0.276 e. The highest BCUT2D eigenvalue weighted by Gasteiger charge is 2.23. The van der Waals surface area contributed by atoms with Crippen LogP contribution < -0.4 is 10.6 Å². The zero-order chi connectivity index (χ0) is 18.5. The summed E-state index contributed by atoms with van der Waals surface area (Å²) in [5.41, 5.74) is 0.147. The van der Waals surface area contributed by atoms with Crippen molar-refractivity contribution in [3.63, 3.8) is 0 Å². The van der Waals surface area contributed by atoms with Crippen LogP contribution in [0.15, 0.2) is 30.6 Å². The summed E-state index contributed by atoms with van der Waals surface area (Å²) >= 11 is 0. The van der Waals surface area contributed by atoms with Gasteiger partial charge in [0, 0.05) is 23.9 Å². The van der Waals surface area contributed by atoms with Gasteiger partial charge in [-0.2, -0.15) is 0 Å². The first-order valence-corrected chi connectivity index (χ1v) is 8.44. The highest BCUT2D eigenvalue weighted by molar-refractivity contribution is 6.10. The molecule has 0 spiro atoms. The number of nitro groups is 1. The van der Waals surface area contributed by atoms with E-state index in [0.29, 0.717) is 0 Å². The Morgan fingerprint density at radius 1 is 1.19 bits per heavy atom. The number of nitrogens with zero attached hydrogens (tertiary/aromatic N) is 2. The Hall–Kier alpha value is -3.23. The Morgan fingerprint density at radius 3 is 2.69 bits per heavy atom. The molecule has 1 aromatic heterocycles. The number of H-pyrrole nitrogens is 1. The molecule has 1 aliphatic carbocycles. The van der Waals surface area contributed by atoms with E-state index >= 15 is 0 Å². The number of rotatable bonds is 5. The smallest absolute Gasteiger partial charge is 0.276 e. The van der Waals surface area contributed by atoms with Gasteiger partial charge in [-0.1, -0.05) is 25.3 Å². The topological polar surface area (TPSA) is 130 Å². The number of benzene rings is 1. The maximum atomic E-state index is 12.4. The fourth-order valence-electron chi connectivity index (χ4n) is 3.03. The predicted octanol–water partition coefficient (Wildman–Crippen LogP) is 2.63. The van der Waals surface area contributed by atoms with E-state index in [2.05, 4.69) is 20.6 Å². The number of carbonyl (C=O) groups is 2. The highest BCUT2D eigenvalue weighted by atomic mass is 16.6. The minimum atomic E-state index is -0.611. The third kappa shape index (κ3) is 4.05. The zero-order valence-corrected chi connectivity index (χ0v) is 14.0. The minimum absolute atomic E-state index is 0.0511. The van der Waals surface area contributed by atoms with Crippen LogP contribution in [0, 0.1) is 10.1 Å². The molecular weight excluding hydrogens is 338 g/mol. The number of imidazole rings is 1. The number of hydrogen-bond acceptors (Lipinski definition) is 5. The Bertz CT molecular complexity index is 826. The molecule has 3 rings (SSSR count). The van der Waals surface area contributed by atoms with E-state index < -0.39 is 10.8 Å². The molecule has 0 saturated heterocycles. The van der Waals surface area contributed by atoms with Gasteiger partial charge in [-0.3, -0.25) is 19.7 Å². The summed E-state index contributed by atoms with van der Waals surface area (Å²) in [4.78, 5) is 41.8. The van der Waals surface area contributed by atoms with Crippen molar-refractivity contribution in [3.05, 3.63) is 52.1 Å². The van der Waals surface area contributed by atoms with Gasteiger partial charge in [0.2, 0.25) is 0 Å². The molecule has 9 nitrogen and oxygen atoms in total. The number of hydrogen-bond donors (Lipinski definition) is 3. The molecule has 0 radical (unpaired) electrons. The number of non-ortho nitro benzene ring substituents is 1. The lowest BCUT2D eigenvalue weighted by Crippen LogP contribution is -2.37. The van der Waals surface area contributed by atoms with Gasteiger partial charge in [0.05, 0.1) is 11.3 Å².